The van der Waals surface area contributed by atoms with Gasteiger partial charge in [0.1, 0.15) is 11.1 Å². The maximum atomic E-state index is 13.8. The van der Waals surface area contributed by atoms with Crippen molar-refractivity contribution in [3.8, 4) is 17.6 Å². The lowest BCUT2D eigenvalue weighted by atomic mass is 9.96. The van der Waals surface area contributed by atoms with Gasteiger partial charge in [-0.3, -0.25) is 14.6 Å². The van der Waals surface area contributed by atoms with Crippen LogP contribution in [-0.4, -0.2) is 79.0 Å². The molecule has 212 valence electrons. The molecule has 2 saturated heterocycles. The molecular formula is C27H34BrN3O7S. The quantitative estimate of drug-likeness (QED) is 0.297. The molecule has 4 N–H and O–H groups in total. The van der Waals surface area contributed by atoms with Crippen molar-refractivity contribution in [3.63, 3.8) is 0 Å². The van der Waals surface area contributed by atoms with E-state index in [-0.39, 0.29) is 11.3 Å². The zero-order chi connectivity index (χ0) is 28.4. The van der Waals surface area contributed by atoms with E-state index in [9.17, 15) is 18.3 Å². The number of hydrogen-bond donors (Lipinski definition) is 3. The molecule has 2 aliphatic rings. The van der Waals surface area contributed by atoms with Crippen LogP contribution in [0.3, 0.4) is 0 Å². The van der Waals surface area contributed by atoms with Gasteiger partial charge in [0, 0.05) is 30.7 Å². The molecule has 10 nitrogen and oxygen atoms in total. The fourth-order valence-corrected chi connectivity index (χ4v) is 6.81. The van der Waals surface area contributed by atoms with Crippen LogP contribution in [0.15, 0.2) is 57.9 Å². The van der Waals surface area contributed by atoms with E-state index in [1.54, 1.807) is 19.1 Å². The predicted octanol–water partition coefficient (Wildman–Crippen LogP) is 2.94. The van der Waals surface area contributed by atoms with Crippen molar-refractivity contribution < 1.29 is 33.0 Å². The highest BCUT2D eigenvalue weighted by atomic mass is 79.9. The Morgan fingerprint density at radius 2 is 1.77 bits per heavy atom. The van der Waals surface area contributed by atoms with Gasteiger partial charge >= 0.3 is 5.97 Å². The van der Waals surface area contributed by atoms with Crippen molar-refractivity contribution in [2.45, 2.75) is 42.8 Å². The van der Waals surface area contributed by atoms with Crippen molar-refractivity contribution in [2.75, 3.05) is 32.8 Å². The summed E-state index contributed by atoms with van der Waals surface area (Å²) in [4.78, 5) is 15.8. The van der Waals surface area contributed by atoms with Crippen LogP contribution >= 0.6 is 15.9 Å². The Hall–Kier alpha value is -2.50. The molecule has 0 spiro atoms. The van der Waals surface area contributed by atoms with E-state index in [1.165, 1.54) is 12.1 Å². The molecule has 12 heteroatoms. The maximum absolute atomic E-state index is 13.8. The Morgan fingerprint density at radius 1 is 1.13 bits per heavy atom. The van der Waals surface area contributed by atoms with E-state index in [0.29, 0.717) is 51.6 Å². The number of carbonyl (C=O) groups is 1. The number of carboxylic acid groups (broad SMARTS) is 1. The topological polar surface area (TPSA) is 143 Å². The van der Waals surface area contributed by atoms with Crippen molar-refractivity contribution in [1.82, 2.24) is 9.80 Å². The molecule has 2 aromatic rings. The summed E-state index contributed by atoms with van der Waals surface area (Å²) in [6.07, 6.45) is -0.00335. The molecule has 2 aromatic carbocycles. The van der Waals surface area contributed by atoms with Crippen LogP contribution in [0.4, 0.5) is 0 Å². The average Bonchev–Trinajstić information content (AvgIpc) is 2.96. The lowest BCUT2D eigenvalue weighted by molar-refractivity contribution is -0.143. The van der Waals surface area contributed by atoms with Crippen LogP contribution in [0.1, 0.15) is 25.3 Å². The second-order valence-corrected chi connectivity index (χ2v) is 12.2. The van der Waals surface area contributed by atoms with Gasteiger partial charge in [0.15, 0.2) is 9.84 Å². The summed E-state index contributed by atoms with van der Waals surface area (Å²) in [5.74, 6) is 8.30. The highest BCUT2D eigenvalue weighted by Gasteiger charge is 2.40. The number of nitrogens with two attached hydrogens (primary N) is 1. The van der Waals surface area contributed by atoms with Crippen molar-refractivity contribution in [1.29, 1.82) is 0 Å². The molecule has 2 heterocycles. The molecule has 0 aliphatic carbocycles. The van der Waals surface area contributed by atoms with Crippen molar-refractivity contribution >= 4 is 31.7 Å². The van der Waals surface area contributed by atoms with Crippen LogP contribution < -0.4 is 10.6 Å². The van der Waals surface area contributed by atoms with E-state index >= 15 is 0 Å². The minimum atomic E-state index is -3.84. The number of aliphatic carboxylic acids is 1. The number of sulfone groups is 1. The predicted molar refractivity (Wildman–Crippen MR) is 149 cm³/mol. The van der Waals surface area contributed by atoms with Gasteiger partial charge in [-0.15, -0.1) is 5.92 Å². The molecule has 3 atom stereocenters. The highest BCUT2D eigenvalue weighted by Crippen LogP contribution is 2.32. The molecule has 39 heavy (non-hydrogen) atoms. The Labute approximate surface area is 237 Å². The van der Waals surface area contributed by atoms with Gasteiger partial charge in [-0.25, -0.2) is 14.3 Å². The number of nitrogens with zero attached hydrogens (tertiary/aromatic N) is 2. The first-order valence-electron chi connectivity index (χ1n) is 12.5. The number of benzene rings is 2. The molecule has 0 aromatic heterocycles. The molecule has 2 fully saturated rings. The lowest BCUT2D eigenvalue weighted by Crippen LogP contribution is -2.48. The Morgan fingerprint density at radius 3 is 2.36 bits per heavy atom. The molecule has 0 saturated carbocycles. The third-order valence-electron chi connectivity index (χ3n) is 6.71. The first-order chi connectivity index (χ1) is 18.8. The average molecular weight is 625 g/mol. The smallest absolute Gasteiger partial charge is 0.306 e. The number of hydrogen-bond acceptors (Lipinski definition) is 9. The summed E-state index contributed by atoms with van der Waals surface area (Å²) < 4.78 is 40.0. The molecule has 3 unspecified atom stereocenters. The number of halogens is 1. The van der Waals surface area contributed by atoms with E-state index < -0.39 is 33.3 Å². The monoisotopic (exact) mass is 623 g/mol. The molecule has 2 aliphatic heterocycles. The second kappa shape index (κ2) is 14.8. The van der Waals surface area contributed by atoms with Crippen molar-refractivity contribution in [3.05, 3.63) is 58.6 Å². The second-order valence-electron chi connectivity index (χ2n) is 9.14. The summed E-state index contributed by atoms with van der Waals surface area (Å²) in [5.41, 5.74) is 0.965. The maximum Gasteiger partial charge on any atom is 0.306 e. The van der Waals surface area contributed by atoms with Crippen molar-refractivity contribution in [2.24, 2.45) is 11.8 Å². The number of ether oxygens (including phenoxy) is 2. The minimum Gasteiger partial charge on any atom is -0.481 e. The Balaban J connectivity index is 0.00000205. The van der Waals surface area contributed by atoms with Gasteiger partial charge in [-0.05, 0) is 67.6 Å². The largest absolute Gasteiger partial charge is 0.481 e. The lowest BCUT2D eigenvalue weighted by Gasteiger charge is -2.37. The van der Waals surface area contributed by atoms with E-state index in [1.807, 2.05) is 29.2 Å². The van der Waals surface area contributed by atoms with Crippen LogP contribution in [-0.2, 0) is 25.9 Å². The Kier molecular flexibility index (Phi) is 11.7. The van der Waals surface area contributed by atoms with Crippen LogP contribution in [0, 0.1) is 17.8 Å². The number of rotatable bonds is 8. The first-order valence-corrected chi connectivity index (χ1v) is 14.8. The number of carboxylic acids is 1. The van der Waals surface area contributed by atoms with Crippen LogP contribution in [0.25, 0.3) is 0 Å². The third-order valence-corrected chi connectivity index (χ3v) is 9.37. The summed E-state index contributed by atoms with van der Waals surface area (Å²) >= 11 is 3.42. The number of piperidine rings is 1. The molecular weight excluding hydrogens is 590 g/mol. The SMILES string of the molecule is CC#CC(Oc1ccc(S(=O)(=O)C2CC(C(=O)O)CCN2Cc2ccc(Br)cc2)cc1)N1CCOCC1.NO. The standard InChI is InChI=1S/C27H31BrN2O6S.H3NO/c1-2-3-25(29-14-16-35-17-15-29)36-23-8-10-24(11-9-23)37(33,34)26-18-21(27(31)32)12-13-30(26)19-20-4-6-22(28)7-5-20;1-2/h4-11,21,25-26H,12-19H2,1H3,(H,31,32);2H,1H2. The van der Waals surface area contributed by atoms with E-state index in [4.69, 9.17) is 14.7 Å². The van der Waals surface area contributed by atoms with Gasteiger partial charge in [0.2, 0.25) is 6.23 Å². The summed E-state index contributed by atoms with van der Waals surface area (Å²) in [5, 5.41) is 15.2. The van der Waals surface area contributed by atoms with Gasteiger partial charge in [0.25, 0.3) is 0 Å². The summed E-state index contributed by atoms with van der Waals surface area (Å²) in [6, 6.07) is 14.0. The highest BCUT2D eigenvalue weighted by molar-refractivity contribution is 9.10. The Bertz CT molecular complexity index is 1240. The minimum absolute atomic E-state index is 0.0393. The normalized spacial score (nSPS) is 21.0. The fraction of sp³-hybridized carbons (Fsp3) is 0.444. The fourth-order valence-electron chi connectivity index (χ4n) is 4.65. The third kappa shape index (κ3) is 8.25. The number of likely N-dealkylation sites (tertiary alicyclic amines) is 1. The molecule has 0 radical (unpaired) electrons. The molecule has 4 rings (SSSR count). The van der Waals surface area contributed by atoms with Gasteiger partial charge < -0.3 is 19.8 Å². The summed E-state index contributed by atoms with van der Waals surface area (Å²) in [7, 11) is -3.84. The zero-order valence-electron chi connectivity index (χ0n) is 21.7. The van der Waals surface area contributed by atoms with Gasteiger partial charge in [-0.1, -0.05) is 28.1 Å². The first kappa shape index (κ1) is 31.0. The summed E-state index contributed by atoms with van der Waals surface area (Å²) in [6.45, 7) is 5.17. The van der Waals surface area contributed by atoms with Crippen LogP contribution in [0.2, 0.25) is 0 Å². The van der Waals surface area contributed by atoms with Crippen LogP contribution in [0.5, 0.6) is 5.75 Å². The van der Waals surface area contributed by atoms with E-state index in [0.717, 1.165) is 10.0 Å². The molecule has 0 amide bonds. The van der Waals surface area contributed by atoms with E-state index in [2.05, 4.69) is 38.6 Å². The number of morpholine rings is 1. The van der Waals surface area contributed by atoms with Gasteiger partial charge in [0.05, 0.1) is 24.0 Å². The molecule has 0 bridgehead atoms. The van der Waals surface area contributed by atoms with Gasteiger partial charge in [-0.2, -0.15) is 0 Å². The zero-order valence-corrected chi connectivity index (χ0v) is 24.1.